The lowest BCUT2D eigenvalue weighted by molar-refractivity contribution is 0.0917. The highest BCUT2D eigenvalue weighted by atomic mass is 32.2. The minimum absolute atomic E-state index is 0.0235. The van der Waals surface area contributed by atoms with Gasteiger partial charge in [-0.05, 0) is 56.2 Å². The smallest absolute Gasteiger partial charge is 0.260 e. The van der Waals surface area contributed by atoms with Crippen molar-refractivity contribution in [3.8, 4) is 5.75 Å². The SMILES string of the molecule is CCOc1ccc2nc(N(CC3CCCO3)C(=O)c3cccc(S(=O)(=O)CC)c3)sc2c1. The van der Waals surface area contributed by atoms with Gasteiger partial charge in [0, 0.05) is 12.2 Å². The number of sulfone groups is 1. The molecule has 2 heterocycles. The zero-order valence-electron chi connectivity index (χ0n) is 18.1. The number of benzene rings is 2. The number of nitrogens with zero attached hydrogens (tertiary/aromatic N) is 2. The summed E-state index contributed by atoms with van der Waals surface area (Å²) in [6, 6.07) is 11.9. The van der Waals surface area contributed by atoms with Crippen LogP contribution in [0.5, 0.6) is 5.75 Å². The van der Waals surface area contributed by atoms with Crippen LogP contribution in [0, 0.1) is 0 Å². The third-order valence-corrected chi connectivity index (χ3v) is 8.14. The zero-order valence-corrected chi connectivity index (χ0v) is 19.7. The van der Waals surface area contributed by atoms with E-state index in [0.717, 1.165) is 28.8 Å². The summed E-state index contributed by atoms with van der Waals surface area (Å²) in [4.78, 5) is 20.0. The number of carbonyl (C=O) groups is 1. The number of rotatable bonds is 8. The van der Waals surface area contributed by atoms with Crippen molar-refractivity contribution in [2.45, 2.75) is 37.7 Å². The molecule has 0 radical (unpaired) electrons. The predicted molar refractivity (Wildman–Crippen MR) is 126 cm³/mol. The van der Waals surface area contributed by atoms with Gasteiger partial charge in [0.2, 0.25) is 0 Å². The quantitative estimate of drug-likeness (QED) is 0.483. The maximum Gasteiger partial charge on any atom is 0.260 e. The first-order chi connectivity index (χ1) is 15.4. The van der Waals surface area contributed by atoms with E-state index in [1.165, 1.54) is 23.5 Å². The van der Waals surface area contributed by atoms with Crippen LogP contribution in [0.2, 0.25) is 0 Å². The first-order valence-corrected chi connectivity index (χ1v) is 13.2. The van der Waals surface area contributed by atoms with Crippen molar-refractivity contribution >= 4 is 42.4 Å². The van der Waals surface area contributed by atoms with E-state index in [0.29, 0.717) is 30.5 Å². The highest BCUT2D eigenvalue weighted by Gasteiger charge is 2.28. The number of ether oxygens (including phenoxy) is 2. The van der Waals surface area contributed by atoms with Gasteiger partial charge in [0.25, 0.3) is 5.91 Å². The molecular formula is C23H26N2O5S2. The van der Waals surface area contributed by atoms with E-state index in [4.69, 9.17) is 9.47 Å². The minimum atomic E-state index is -3.42. The highest BCUT2D eigenvalue weighted by Crippen LogP contribution is 2.33. The summed E-state index contributed by atoms with van der Waals surface area (Å²) in [6.45, 7) is 5.12. The number of amides is 1. The van der Waals surface area contributed by atoms with Gasteiger partial charge in [-0.3, -0.25) is 9.69 Å². The number of hydrogen-bond donors (Lipinski definition) is 0. The third kappa shape index (κ3) is 4.79. The molecular weight excluding hydrogens is 448 g/mol. The lowest BCUT2D eigenvalue weighted by Gasteiger charge is -2.23. The van der Waals surface area contributed by atoms with E-state index < -0.39 is 9.84 Å². The number of aromatic nitrogens is 1. The number of thiazole rings is 1. The van der Waals surface area contributed by atoms with Gasteiger partial charge in [0.15, 0.2) is 15.0 Å². The molecule has 1 unspecified atom stereocenters. The molecule has 9 heteroatoms. The predicted octanol–water partition coefficient (Wildman–Crippen LogP) is 4.31. The number of hydrogen-bond acceptors (Lipinski definition) is 7. The molecule has 1 aliphatic heterocycles. The Hall–Kier alpha value is -2.49. The molecule has 1 amide bonds. The molecule has 1 saturated heterocycles. The second-order valence-corrected chi connectivity index (χ2v) is 10.8. The highest BCUT2D eigenvalue weighted by molar-refractivity contribution is 7.91. The van der Waals surface area contributed by atoms with E-state index >= 15 is 0 Å². The van der Waals surface area contributed by atoms with Gasteiger partial charge in [-0.2, -0.15) is 0 Å². The normalized spacial score (nSPS) is 16.4. The summed E-state index contributed by atoms with van der Waals surface area (Å²) in [5.41, 5.74) is 1.09. The summed E-state index contributed by atoms with van der Waals surface area (Å²) >= 11 is 1.41. The number of carbonyl (C=O) groups excluding carboxylic acids is 1. The van der Waals surface area contributed by atoms with Crippen LogP contribution in [0.4, 0.5) is 5.13 Å². The average Bonchev–Trinajstić information content (AvgIpc) is 3.46. The van der Waals surface area contributed by atoms with Crippen molar-refractivity contribution in [2.75, 3.05) is 30.4 Å². The van der Waals surface area contributed by atoms with Gasteiger partial charge in [-0.1, -0.05) is 24.3 Å². The molecule has 32 heavy (non-hydrogen) atoms. The Balaban J connectivity index is 1.71. The average molecular weight is 475 g/mol. The first kappa shape index (κ1) is 22.7. The van der Waals surface area contributed by atoms with Crippen LogP contribution >= 0.6 is 11.3 Å². The van der Waals surface area contributed by atoms with Crippen molar-refractivity contribution in [3.05, 3.63) is 48.0 Å². The minimum Gasteiger partial charge on any atom is -0.494 e. The molecule has 0 bridgehead atoms. The lowest BCUT2D eigenvalue weighted by Crippen LogP contribution is -2.37. The Morgan fingerprint density at radius 3 is 2.81 bits per heavy atom. The Morgan fingerprint density at radius 2 is 2.09 bits per heavy atom. The molecule has 1 aliphatic rings. The fourth-order valence-corrected chi connectivity index (χ4v) is 5.58. The molecule has 0 spiro atoms. The summed E-state index contributed by atoms with van der Waals surface area (Å²) in [5.74, 6) is 0.437. The van der Waals surface area contributed by atoms with E-state index in [2.05, 4.69) is 4.98 Å². The maximum atomic E-state index is 13.6. The fraction of sp³-hybridized carbons (Fsp3) is 0.391. The molecule has 2 aromatic carbocycles. The molecule has 3 aromatic rings. The third-order valence-electron chi connectivity index (χ3n) is 5.37. The fourth-order valence-electron chi connectivity index (χ4n) is 3.65. The number of anilines is 1. The maximum absolute atomic E-state index is 13.6. The van der Waals surface area contributed by atoms with Crippen molar-refractivity contribution < 1.29 is 22.7 Å². The largest absolute Gasteiger partial charge is 0.494 e. The molecule has 0 N–H and O–H groups in total. The van der Waals surface area contributed by atoms with Gasteiger partial charge in [0.05, 0.1) is 40.1 Å². The van der Waals surface area contributed by atoms with Gasteiger partial charge < -0.3 is 9.47 Å². The Kier molecular flexibility index (Phi) is 6.78. The standard InChI is InChI=1S/C23H26N2O5S2/c1-3-29-17-10-11-20-21(14-17)31-23(24-20)25(15-18-8-6-12-30-18)22(26)16-7-5-9-19(13-16)32(27,28)4-2/h5,7,9-11,13-14,18H,3-4,6,8,12,15H2,1-2H3. The molecule has 1 fully saturated rings. The molecule has 0 aliphatic carbocycles. The first-order valence-electron chi connectivity index (χ1n) is 10.7. The van der Waals surface area contributed by atoms with Crippen molar-refractivity contribution in [2.24, 2.45) is 0 Å². The molecule has 170 valence electrons. The van der Waals surface area contributed by atoms with E-state index in [-0.39, 0.29) is 22.7 Å². The van der Waals surface area contributed by atoms with Crippen LogP contribution in [0.25, 0.3) is 10.2 Å². The van der Waals surface area contributed by atoms with Gasteiger partial charge in [0.1, 0.15) is 5.75 Å². The van der Waals surface area contributed by atoms with Crippen molar-refractivity contribution in [1.29, 1.82) is 0 Å². The van der Waals surface area contributed by atoms with Crippen LogP contribution in [-0.4, -0.2) is 50.9 Å². The lowest BCUT2D eigenvalue weighted by atomic mass is 10.2. The molecule has 4 rings (SSSR count). The van der Waals surface area contributed by atoms with Crippen molar-refractivity contribution in [1.82, 2.24) is 4.98 Å². The van der Waals surface area contributed by atoms with E-state index in [9.17, 15) is 13.2 Å². The van der Waals surface area contributed by atoms with Gasteiger partial charge >= 0.3 is 0 Å². The van der Waals surface area contributed by atoms with Crippen LogP contribution in [-0.2, 0) is 14.6 Å². The van der Waals surface area contributed by atoms with Crippen molar-refractivity contribution in [3.63, 3.8) is 0 Å². The van der Waals surface area contributed by atoms with Crippen LogP contribution in [0.3, 0.4) is 0 Å². The monoisotopic (exact) mass is 474 g/mol. The Labute approximate surface area is 191 Å². The van der Waals surface area contributed by atoms with Crippen LogP contribution < -0.4 is 9.64 Å². The second-order valence-electron chi connectivity index (χ2n) is 7.54. The Morgan fingerprint density at radius 1 is 1.25 bits per heavy atom. The summed E-state index contributed by atoms with van der Waals surface area (Å²) < 4.78 is 36.9. The second kappa shape index (κ2) is 9.56. The topological polar surface area (TPSA) is 85.8 Å². The van der Waals surface area contributed by atoms with Crippen LogP contribution in [0.15, 0.2) is 47.4 Å². The molecule has 0 saturated carbocycles. The van der Waals surface area contributed by atoms with Gasteiger partial charge in [-0.25, -0.2) is 13.4 Å². The summed E-state index contributed by atoms with van der Waals surface area (Å²) in [6.07, 6.45) is 1.74. The van der Waals surface area contributed by atoms with E-state index in [1.54, 1.807) is 24.0 Å². The molecule has 1 atom stereocenters. The zero-order chi connectivity index (χ0) is 22.7. The van der Waals surface area contributed by atoms with Crippen LogP contribution in [0.1, 0.15) is 37.0 Å². The molecule has 1 aromatic heterocycles. The summed E-state index contributed by atoms with van der Waals surface area (Å²) in [7, 11) is -3.42. The Bertz CT molecular complexity index is 1220. The summed E-state index contributed by atoms with van der Waals surface area (Å²) in [5, 5.41) is 0.554. The molecule has 7 nitrogen and oxygen atoms in total. The van der Waals surface area contributed by atoms with E-state index in [1.807, 2.05) is 25.1 Å². The number of fused-ring (bicyclic) bond motifs is 1. The van der Waals surface area contributed by atoms with Gasteiger partial charge in [-0.15, -0.1) is 0 Å².